The third-order valence-corrected chi connectivity index (χ3v) is 6.26. The summed E-state index contributed by atoms with van der Waals surface area (Å²) >= 11 is 2.83. The molecule has 1 aromatic carbocycles. The van der Waals surface area contributed by atoms with E-state index in [1.807, 2.05) is 32.9 Å². The standard InChI is InChI=1S/C18H17N3O2S2/c1-10-4-5-14-13(9-23-16(14)11(10)2)8-15(22)21-18-20-12(3)17(25-18)24-7-6-19/h4-5,9H,7-8H2,1-3H3,(H,20,21,22). The zero-order valence-electron chi connectivity index (χ0n) is 14.2. The van der Waals surface area contributed by atoms with E-state index in [4.69, 9.17) is 9.68 Å². The third kappa shape index (κ3) is 3.70. The van der Waals surface area contributed by atoms with Gasteiger partial charge in [-0.25, -0.2) is 4.98 Å². The lowest BCUT2D eigenvalue weighted by atomic mass is 10.0. The van der Waals surface area contributed by atoms with Gasteiger partial charge >= 0.3 is 0 Å². The van der Waals surface area contributed by atoms with Crippen LogP contribution in [0.3, 0.4) is 0 Å². The molecular weight excluding hydrogens is 354 g/mol. The number of benzene rings is 1. The minimum absolute atomic E-state index is 0.133. The van der Waals surface area contributed by atoms with E-state index in [9.17, 15) is 4.79 Å². The van der Waals surface area contributed by atoms with Gasteiger partial charge in [0, 0.05) is 10.9 Å². The molecule has 3 aromatic rings. The minimum Gasteiger partial charge on any atom is -0.464 e. The molecule has 0 saturated heterocycles. The van der Waals surface area contributed by atoms with Crippen LogP contribution < -0.4 is 5.32 Å². The fourth-order valence-electron chi connectivity index (χ4n) is 2.53. The molecule has 0 aliphatic carbocycles. The van der Waals surface area contributed by atoms with Crippen molar-refractivity contribution < 1.29 is 9.21 Å². The topological polar surface area (TPSA) is 78.9 Å². The Morgan fingerprint density at radius 2 is 2.20 bits per heavy atom. The van der Waals surface area contributed by atoms with E-state index in [2.05, 4.69) is 16.4 Å². The van der Waals surface area contributed by atoms with Gasteiger partial charge in [-0.05, 0) is 31.9 Å². The van der Waals surface area contributed by atoms with E-state index in [0.717, 1.165) is 32.0 Å². The molecule has 0 bridgehead atoms. The number of carbonyl (C=O) groups excluding carboxylic acids is 1. The SMILES string of the molecule is Cc1ccc2c(CC(=O)Nc3nc(C)c(SCC#N)s3)coc2c1C. The molecule has 5 nitrogen and oxygen atoms in total. The molecule has 2 heterocycles. The average molecular weight is 371 g/mol. The van der Waals surface area contributed by atoms with Crippen molar-refractivity contribution in [1.82, 2.24) is 4.98 Å². The van der Waals surface area contributed by atoms with Crippen LogP contribution in [0.5, 0.6) is 0 Å². The van der Waals surface area contributed by atoms with Crippen LogP contribution in [0.4, 0.5) is 5.13 Å². The summed E-state index contributed by atoms with van der Waals surface area (Å²) in [6.45, 7) is 5.93. The Kier molecular flexibility index (Phi) is 5.11. The minimum atomic E-state index is -0.133. The number of aromatic nitrogens is 1. The van der Waals surface area contributed by atoms with Crippen molar-refractivity contribution in [3.05, 3.63) is 40.8 Å². The molecule has 0 unspecified atom stereocenters. The molecular formula is C18H17N3O2S2. The second-order valence-electron chi connectivity index (χ2n) is 5.71. The molecule has 0 saturated carbocycles. The van der Waals surface area contributed by atoms with Crippen molar-refractivity contribution in [2.24, 2.45) is 0 Å². The molecule has 0 aliphatic heterocycles. The number of furan rings is 1. The maximum Gasteiger partial charge on any atom is 0.230 e. The highest BCUT2D eigenvalue weighted by molar-refractivity contribution is 8.01. The number of nitriles is 1. The van der Waals surface area contributed by atoms with E-state index in [0.29, 0.717) is 10.9 Å². The Labute approximate surface area is 154 Å². The smallest absolute Gasteiger partial charge is 0.230 e. The van der Waals surface area contributed by atoms with Crippen LogP contribution in [-0.4, -0.2) is 16.6 Å². The highest BCUT2D eigenvalue weighted by atomic mass is 32.2. The molecule has 7 heteroatoms. The quantitative estimate of drug-likeness (QED) is 0.663. The van der Waals surface area contributed by atoms with Crippen molar-refractivity contribution in [1.29, 1.82) is 5.26 Å². The van der Waals surface area contributed by atoms with Gasteiger partial charge in [-0.15, -0.1) is 0 Å². The lowest BCUT2D eigenvalue weighted by Crippen LogP contribution is -2.14. The first kappa shape index (κ1) is 17.5. The van der Waals surface area contributed by atoms with Crippen LogP contribution in [0.1, 0.15) is 22.4 Å². The molecule has 0 aliphatic rings. The molecule has 2 aromatic heterocycles. The lowest BCUT2D eigenvalue weighted by molar-refractivity contribution is -0.115. The van der Waals surface area contributed by atoms with Gasteiger partial charge < -0.3 is 9.73 Å². The van der Waals surface area contributed by atoms with E-state index in [1.165, 1.54) is 28.7 Å². The Bertz CT molecular complexity index is 982. The lowest BCUT2D eigenvalue weighted by Gasteiger charge is -2.02. The summed E-state index contributed by atoms with van der Waals surface area (Å²) in [4.78, 5) is 16.7. The number of anilines is 1. The van der Waals surface area contributed by atoms with Crippen molar-refractivity contribution in [3.8, 4) is 6.07 Å². The number of rotatable bonds is 5. The average Bonchev–Trinajstić information content (AvgIpc) is 3.13. The normalized spacial score (nSPS) is 10.8. The number of fused-ring (bicyclic) bond motifs is 1. The first-order chi connectivity index (χ1) is 12.0. The van der Waals surface area contributed by atoms with Crippen LogP contribution in [-0.2, 0) is 11.2 Å². The largest absolute Gasteiger partial charge is 0.464 e. The zero-order valence-corrected chi connectivity index (χ0v) is 15.8. The monoisotopic (exact) mass is 371 g/mol. The number of thioether (sulfide) groups is 1. The van der Waals surface area contributed by atoms with Gasteiger partial charge in [-0.2, -0.15) is 5.26 Å². The maximum absolute atomic E-state index is 12.4. The summed E-state index contributed by atoms with van der Waals surface area (Å²) in [7, 11) is 0. The summed E-state index contributed by atoms with van der Waals surface area (Å²) in [5.41, 5.74) is 4.80. The Hall–Kier alpha value is -2.30. The number of carbonyl (C=O) groups is 1. The number of hydrogen-bond donors (Lipinski definition) is 1. The summed E-state index contributed by atoms with van der Waals surface area (Å²) in [5.74, 6) is 0.238. The van der Waals surface area contributed by atoms with Crippen LogP contribution >= 0.6 is 23.1 Å². The molecule has 3 rings (SSSR count). The van der Waals surface area contributed by atoms with E-state index < -0.39 is 0 Å². The van der Waals surface area contributed by atoms with Crippen molar-refractivity contribution in [3.63, 3.8) is 0 Å². The van der Waals surface area contributed by atoms with Crippen molar-refractivity contribution >= 4 is 45.1 Å². The van der Waals surface area contributed by atoms with Gasteiger partial charge in [0.1, 0.15) is 5.58 Å². The summed E-state index contributed by atoms with van der Waals surface area (Å²) in [5, 5.41) is 13.0. The van der Waals surface area contributed by atoms with Gasteiger partial charge in [-0.1, -0.05) is 35.2 Å². The first-order valence-corrected chi connectivity index (χ1v) is 9.53. The fourth-order valence-corrected chi connectivity index (χ4v) is 4.35. The first-order valence-electron chi connectivity index (χ1n) is 7.73. The zero-order chi connectivity index (χ0) is 18.0. The van der Waals surface area contributed by atoms with Crippen molar-refractivity contribution in [2.45, 2.75) is 31.4 Å². The van der Waals surface area contributed by atoms with E-state index >= 15 is 0 Å². The number of thiazole rings is 1. The number of aryl methyl sites for hydroxylation is 3. The highest BCUT2D eigenvalue weighted by Crippen LogP contribution is 2.32. The van der Waals surface area contributed by atoms with E-state index in [1.54, 1.807) is 6.26 Å². The molecule has 0 radical (unpaired) electrons. The molecule has 1 amide bonds. The Morgan fingerprint density at radius 3 is 2.96 bits per heavy atom. The third-order valence-electron chi connectivity index (χ3n) is 3.96. The number of nitrogens with one attached hydrogen (secondary N) is 1. The number of nitrogens with zero attached hydrogens (tertiary/aromatic N) is 2. The van der Waals surface area contributed by atoms with Crippen LogP contribution in [0.25, 0.3) is 11.0 Å². The van der Waals surface area contributed by atoms with Crippen molar-refractivity contribution in [2.75, 3.05) is 11.1 Å². The molecule has 0 spiro atoms. The van der Waals surface area contributed by atoms with Gasteiger partial charge in [-0.3, -0.25) is 4.79 Å². The van der Waals surface area contributed by atoms with E-state index in [-0.39, 0.29) is 12.3 Å². The molecule has 0 fully saturated rings. The molecule has 25 heavy (non-hydrogen) atoms. The number of amides is 1. The Morgan fingerprint density at radius 1 is 1.40 bits per heavy atom. The summed E-state index contributed by atoms with van der Waals surface area (Å²) in [6, 6.07) is 6.13. The van der Waals surface area contributed by atoms with Crippen LogP contribution in [0.15, 0.2) is 27.0 Å². The second-order valence-corrected chi connectivity index (χ2v) is 7.95. The molecule has 128 valence electrons. The Balaban J connectivity index is 1.73. The molecule has 0 atom stereocenters. The van der Waals surface area contributed by atoms with Gasteiger partial charge in [0.15, 0.2) is 5.13 Å². The highest BCUT2D eigenvalue weighted by Gasteiger charge is 2.15. The fraction of sp³-hybridized carbons (Fsp3) is 0.278. The van der Waals surface area contributed by atoms with Crippen LogP contribution in [0, 0.1) is 32.1 Å². The van der Waals surface area contributed by atoms with Gasteiger partial charge in [0.2, 0.25) is 5.91 Å². The van der Waals surface area contributed by atoms with Crippen LogP contribution in [0.2, 0.25) is 0 Å². The summed E-state index contributed by atoms with van der Waals surface area (Å²) in [6.07, 6.45) is 1.88. The predicted octanol–water partition coefficient (Wildman–Crippen LogP) is 4.61. The predicted molar refractivity (Wildman–Crippen MR) is 101 cm³/mol. The maximum atomic E-state index is 12.4. The van der Waals surface area contributed by atoms with Gasteiger partial charge in [0.25, 0.3) is 0 Å². The second kappa shape index (κ2) is 7.30. The number of hydrogen-bond acceptors (Lipinski definition) is 6. The van der Waals surface area contributed by atoms with Gasteiger partial charge in [0.05, 0.1) is 34.4 Å². The molecule has 1 N–H and O–H groups in total. The summed E-state index contributed by atoms with van der Waals surface area (Å²) < 4.78 is 6.61.